The van der Waals surface area contributed by atoms with E-state index in [0.29, 0.717) is 18.2 Å². The molecule has 0 aromatic heterocycles. The first-order valence-corrected chi connectivity index (χ1v) is 4.90. The number of hydrogen-bond donors (Lipinski definition) is 1. The van der Waals surface area contributed by atoms with Gasteiger partial charge in [0.1, 0.15) is 5.78 Å². The molecule has 2 N–H and O–H groups in total. The van der Waals surface area contributed by atoms with Gasteiger partial charge in [0.25, 0.3) is 0 Å². The molecule has 1 fully saturated rings. The number of carbonyl (C=O) groups excluding carboxylic acids is 1. The third-order valence-electron chi connectivity index (χ3n) is 2.90. The summed E-state index contributed by atoms with van der Waals surface area (Å²) in [6.07, 6.45) is 3.41. The van der Waals surface area contributed by atoms with Crippen molar-refractivity contribution in [1.82, 2.24) is 0 Å². The molecule has 2 heteroatoms. The minimum Gasteiger partial charge on any atom is -0.330 e. The third kappa shape index (κ3) is 1.86. The van der Waals surface area contributed by atoms with Gasteiger partial charge in [0.15, 0.2) is 0 Å². The molecule has 2 atom stereocenters. The van der Waals surface area contributed by atoms with E-state index in [1.807, 2.05) is 13.8 Å². The lowest BCUT2D eigenvalue weighted by Crippen LogP contribution is -2.27. The van der Waals surface area contributed by atoms with E-state index in [-0.39, 0.29) is 11.8 Å². The minimum absolute atomic E-state index is 0.183. The lowest BCUT2D eigenvalue weighted by atomic mass is 9.87. The number of carbonyl (C=O) groups is 1. The summed E-state index contributed by atoms with van der Waals surface area (Å²) >= 11 is 0. The quantitative estimate of drug-likeness (QED) is 0.697. The summed E-state index contributed by atoms with van der Waals surface area (Å²) in [5.41, 5.74) is 5.61. The van der Waals surface area contributed by atoms with Crippen LogP contribution in [0.5, 0.6) is 0 Å². The molecule has 1 aliphatic carbocycles. The Balaban J connectivity index is 2.55. The lowest BCUT2D eigenvalue weighted by molar-refractivity contribution is -0.126. The number of rotatable bonds is 3. The van der Waals surface area contributed by atoms with Crippen LogP contribution < -0.4 is 5.73 Å². The highest BCUT2D eigenvalue weighted by atomic mass is 16.1. The highest BCUT2D eigenvalue weighted by Gasteiger charge is 2.32. The summed E-state index contributed by atoms with van der Waals surface area (Å²) in [4.78, 5) is 11.7. The van der Waals surface area contributed by atoms with Gasteiger partial charge in [-0.1, -0.05) is 20.3 Å². The van der Waals surface area contributed by atoms with Crippen molar-refractivity contribution in [1.29, 1.82) is 0 Å². The van der Waals surface area contributed by atoms with E-state index in [4.69, 9.17) is 5.73 Å². The average molecular weight is 169 g/mol. The van der Waals surface area contributed by atoms with E-state index in [1.54, 1.807) is 0 Å². The molecule has 0 saturated heterocycles. The first-order valence-electron chi connectivity index (χ1n) is 4.90. The van der Waals surface area contributed by atoms with E-state index in [9.17, 15) is 4.79 Å². The van der Waals surface area contributed by atoms with Crippen LogP contribution in [0.25, 0.3) is 0 Å². The molecule has 0 aliphatic heterocycles. The van der Waals surface area contributed by atoms with Crippen LogP contribution >= 0.6 is 0 Å². The van der Waals surface area contributed by atoms with Crippen molar-refractivity contribution in [3.8, 4) is 0 Å². The SMILES string of the molecule is CC(C)C(=O)[C@@H]1CCC[C@@H]1CN. The maximum absolute atomic E-state index is 11.7. The molecule has 0 aromatic rings. The molecule has 1 rings (SSSR count). The van der Waals surface area contributed by atoms with Gasteiger partial charge in [-0.3, -0.25) is 4.79 Å². The Morgan fingerprint density at radius 2 is 2.17 bits per heavy atom. The van der Waals surface area contributed by atoms with Crippen molar-refractivity contribution >= 4 is 5.78 Å². The Bertz CT molecular complexity index is 165. The van der Waals surface area contributed by atoms with Crippen LogP contribution in [0.2, 0.25) is 0 Å². The van der Waals surface area contributed by atoms with Crippen molar-refractivity contribution in [2.45, 2.75) is 33.1 Å². The molecule has 70 valence electrons. The molecule has 12 heavy (non-hydrogen) atoms. The predicted molar refractivity (Wildman–Crippen MR) is 49.7 cm³/mol. The minimum atomic E-state index is 0.183. The second-order valence-electron chi connectivity index (χ2n) is 4.09. The molecule has 1 aliphatic rings. The van der Waals surface area contributed by atoms with Gasteiger partial charge in [-0.25, -0.2) is 0 Å². The zero-order valence-electron chi connectivity index (χ0n) is 8.05. The first-order chi connectivity index (χ1) is 5.66. The van der Waals surface area contributed by atoms with Crippen molar-refractivity contribution in [3.63, 3.8) is 0 Å². The fraction of sp³-hybridized carbons (Fsp3) is 0.900. The molecule has 2 nitrogen and oxygen atoms in total. The second kappa shape index (κ2) is 4.04. The van der Waals surface area contributed by atoms with Crippen LogP contribution in [0.1, 0.15) is 33.1 Å². The maximum atomic E-state index is 11.7. The number of Topliss-reactive ketones (excluding diaryl/α,β-unsaturated/α-hetero) is 1. The maximum Gasteiger partial charge on any atom is 0.138 e. The van der Waals surface area contributed by atoms with Gasteiger partial charge >= 0.3 is 0 Å². The fourth-order valence-electron chi connectivity index (χ4n) is 2.12. The Hall–Kier alpha value is -0.370. The second-order valence-corrected chi connectivity index (χ2v) is 4.09. The summed E-state index contributed by atoms with van der Waals surface area (Å²) < 4.78 is 0. The highest BCUT2D eigenvalue weighted by molar-refractivity contribution is 5.83. The Morgan fingerprint density at radius 3 is 2.67 bits per heavy atom. The van der Waals surface area contributed by atoms with Gasteiger partial charge in [-0.15, -0.1) is 0 Å². The lowest BCUT2D eigenvalue weighted by Gasteiger charge is -2.18. The average Bonchev–Trinajstić information content (AvgIpc) is 2.49. The Morgan fingerprint density at radius 1 is 1.50 bits per heavy atom. The molecule has 0 unspecified atom stereocenters. The molecule has 0 heterocycles. The molecule has 0 aromatic carbocycles. The summed E-state index contributed by atoms with van der Waals surface area (Å²) in [5.74, 6) is 1.35. The molecular weight excluding hydrogens is 150 g/mol. The topological polar surface area (TPSA) is 43.1 Å². The molecule has 1 saturated carbocycles. The summed E-state index contributed by atoms with van der Waals surface area (Å²) in [7, 11) is 0. The largest absolute Gasteiger partial charge is 0.330 e. The Labute approximate surface area is 74.5 Å². The van der Waals surface area contributed by atoms with Crippen molar-refractivity contribution < 1.29 is 4.79 Å². The molecule has 0 spiro atoms. The van der Waals surface area contributed by atoms with Crippen LogP contribution in [0.15, 0.2) is 0 Å². The summed E-state index contributed by atoms with van der Waals surface area (Å²) in [6.45, 7) is 4.64. The Kier molecular flexibility index (Phi) is 3.27. The van der Waals surface area contributed by atoms with Gasteiger partial charge in [-0.05, 0) is 25.3 Å². The van der Waals surface area contributed by atoms with Crippen molar-refractivity contribution in [2.24, 2.45) is 23.5 Å². The highest BCUT2D eigenvalue weighted by Crippen LogP contribution is 2.33. The van der Waals surface area contributed by atoms with E-state index in [1.165, 1.54) is 6.42 Å². The summed E-state index contributed by atoms with van der Waals surface area (Å²) in [5, 5.41) is 0. The van der Waals surface area contributed by atoms with E-state index >= 15 is 0 Å². The van der Waals surface area contributed by atoms with Crippen LogP contribution in [0, 0.1) is 17.8 Å². The van der Waals surface area contributed by atoms with Crippen LogP contribution in [0.3, 0.4) is 0 Å². The number of nitrogens with two attached hydrogens (primary N) is 1. The third-order valence-corrected chi connectivity index (χ3v) is 2.90. The monoisotopic (exact) mass is 169 g/mol. The standard InChI is InChI=1S/C10H19NO/c1-7(2)10(12)9-5-3-4-8(9)6-11/h7-9H,3-6,11H2,1-2H3/t8-,9-/m1/s1. The van der Waals surface area contributed by atoms with Crippen molar-refractivity contribution in [2.75, 3.05) is 6.54 Å². The predicted octanol–water partition coefficient (Wildman–Crippen LogP) is 1.59. The van der Waals surface area contributed by atoms with Gasteiger partial charge in [0.05, 0.1) is 0 Å². The van der Waals surface area contributed by atoms with Gasteiger partial charge in [0.2, 0.25) is 0 Å². The van der Waals surface area contributed by atoms with E-state index in [0.717, 1.165) is 12.8 Å². The first kappa shape index (κ1) is 9.72. The summed E-state index contributed by atoms with van der Waals surface area (Å²) in [6, 6.07) is 0. The van der Waals surface area contributed by atoms with Crippen LogP contribution in [0.4, 0.5) is 0 Å². The van der Waals surface area contributed by atoms with Gasteiger partial charge < -0.3 is 5.73 Å². The van der Waals surface area contributed by atoms with E-state index in [2.05, 4.69) is 0 Å². The van der Waals surface area contributed by atoms with Crippen LogP contribution in [-0.2, 0) is 4.79 Å². The molecule has 0 radical (unpaired) electrons. The molecule has 0 bridgehead atoms. The smallest absolute Gasteiger partial charge is 0.138 e. The normalized spacial score (nSPS) is 29.7. The van der Waals surface area contributed by atoms with Gasteiger partial charge in [-0.2, -0.15) is 0 Å². The molecule has 0 amide bonds. The van der Waals surface area contributed by atoms with Crippen molar-refractivity contribution in [3.05, 3.63) is 0 Å². The number of ketones is 1. The van der Waals surface area contributed by atoms with E-state index < -0.39 is 0 Å². The number of hydrogen-bond acceptors (Lipinski definition) is 2. The fourth-order valence-corrected chi connectivity index (χ4v) is 2.12. The zero-order valence-corrected chi connectivity index (χ0v) is 8.05. The van der Waals surface area contributed by atoms with Gasteiger partial charge in [0, 0.05) is 11.8 Å². The molecular formula is C10H19NO. The van der Waals surface area contributed by atoms with Crippen LogP contribution in [-0.4, -0.2) is 12.3 Å². The zero-order chi connectivity index (χ0) is 9.14.